The number of ether oxygens (including phenoxy) is 1. The van der Waals surface area contributed by atoms with Gasteiger partial charge in [0.1, 0.15) is 6.10 Å². The van der Waals surface area contributed by atoms with Gasteiger partial charge in [-0.25, -0.2) is 4.79 Å². The van der Waals surface area contributed by atoms with E-state index in [-0.39, 0.29) is 35.6 Å². The highest BCUT2D eigenvalue weighted by Gasteiger charge is 2.48. The smallest absolute Gasteiger partial charge is 0.407 e. The van der Waals surface area contributed by atoms with E-state index in [1.807, 2.05) is 32.9 Å². The Morgan fingerprint density at radius 2 is 1.69 bits per heavy atom. The number of likely N-dealkylation sites (tertiary alicyclic amines) is 1. The van der Waals surface area contributed by atoms with Crippen molar-refractivity contribution in [3.05, 3.63) is 65.7 Å². The fourth-order valence-corrected chi connectivity index (χ4v) is 6.17. The zero-order chi connectivity index (χ0) is 24.6. The monoisotopic (exact) mass is 475 g/mol. The Balaban J connectivity index is 1.41. The number of rotatable bonds is 3. The summed E-state index contributed by atoms with van der Waals surface area (Å²) in [5, 5.41) is 6.65. The van der Waals surface area contributed by atoms with E-state index in [1.165, 1.54) is 11.1 Å². The molecular formula is C29H37N3O3. The summed E-state index contributed by atoms with van der Waals surface area (Å²) in [5.74, 6) is 0.142. The van der Waals surface area contributed by atoms with Crippen LogP contribution < -0.4 is 10.6 Å². The van der Waals surface area contributed by atoms with Crippen molar-refractivity contribution in [2.24, 2.45) is 11.8 Å². The van der Waals surface area contributed by atoms with Crippen LogP contribution in [0.1, 0.15) is 76.1 Å². The molecule has 35 heavy (non-hydrogen) atoms. The summed E-state index contributed by atoms with van der Waals surface area (Å²) < 4.78 is 5.85. The number of hydrogen-bond donors (Lipinski definition) is 2. The summed E-state index contributed by atoms with van der Waals surface area (Å²) in [6.45, 7) is 6.52. The third kappa shape index (κ3) is 4.89. The van der Waals surface area contributed by atoms with Crippen LogP contribution in [0, 0.1) is 11.8 Å². The van der Waals surface area contributed by atoms with E-state index in [0.717, 1.165) is 44.3 Å². The molecule has 6 nitrogen and oxygen atoms in total. The second-order valence-electron chi connectivity index (χ2n) is 11.3. The standard InChI is InChI=1S/C29H37N3O3/c1-29(2,3)31-28(34)35-24-16-10-8-14-21(24)27(33)32-18-17-22-25(19-11-5-4-6-12-19)30-23-15-9-7-13-20(23)26(22)32/h4-7,9,11-13,15,21-22,24-26,30H,8,10,14,16-18H2,1-3H3,(H,31,34)/t21-,22+,24+,25-,26-/m0/s1. The first-order chi connectivity index (χ1) is 16.8. The lowest BCUT2D eigenvalue weighted by molar-refractivity contribution is -0.142. The average molecular weight is 476 g/mol. The summed E-state index contributed by atoms with van der Waals surface area (Å²) in [4.78, 5) is 28.7. The highest BCUT2D eigenvalue weighted by atomic mass is 16.6. The molecular weight excluding hydrogens is 438 g/mol. The Labute approximate surface area is 208 Å². The number of para-hydroxylation sites is 1. The Bertz CT molecular complexity index is 1060. The van der Waals surface area contributed by atoms with E-state index in [4.69, 9.17) is 4.74 Å². The van der Waals surface area contributed by atoms with Gasteiger partial charge in [0.25, 0.3) is 0 Å². The Morgan fingerprint density at radius 3 is 2.46 bits per heavy atom. The van der Waals surface area contributed by atoms with E-state index < -0.39 is 6.09 Å². The van der Waals surface area contributed by atoms with Crippen LogP contribution in [0.5, 0.6) is 0 Å². The second-order valence-corrected chi connectivity index (χ2v) is 11.3. The lowest BCUT2D eigenvalue weighted by Crippen LogP contribution is -2.48. The zero-order valence-electron chi connectivity index (χ0n) is 21.0. The quantitative estimate of drug-likeness (QED) is 0.586. The minimum Gasteiger partial charge on any atom is -0.445 e. The fourth-order valence-electron chi connectivity index (χ4n) is 6.17. The molecule has 1 aliphatic carbocycles. The Kier molecular flexibility index (Phi) is 6.47. The van der Waals surface area contributed by atoms with Gasteiger partial charge in [0.2, 0.25) is 5.91 Å². The van der Waals surface area contributed by atoms with Crippen LogP contribution in [-0.2, 0) is 9.53 Å². The number of amides is 2. The molecule has 2 heterocycles. The van der Waals surface area contributed by atoms with Gasteiger partial charge in [-0.05, 0) is 63.6 Å². The molecule has 3 aliphatic rings. The Morgan fingerprint density at radius 1 is 0.971 bits per heavy atom. The minimum atomic E-state index is -0.433. The van der Waals surface area contributed by atoms with Gasteiger partial charge in [-0.15, -0.1) is 0 Å². The molecule has 2 aromatic carbocycles. The molecule has 1 saturated carbocycles. The van der Waals surface area contributed by atoms with Crippen LogP contribution in [0.2, 0.25) is 0 Å². The summed E-state index contributed by atoms with van der Waals surface area (Å²) in [5.41, 5.74) is 3.17. The molecule has 0 aromatic heterocycles. The highest BCUT2D eigenvalue weighted by molar-refractivity contribution is 5.81. The molecule has 1 saturated heterocycles. The van der Waals surface area contributed by atoms with Gasteiger partial charge in [0, 0.05) is 23.7 Å². The lowest BCUT2D eigenvalue weighted by Gasteiger charge is -2.42. The largest absolute Gasteiger partial charge is 0.445 e. The number of fused-ring (bicyclic) bond motifs is 3. The third-order valence-corrected chi connectivity index (χ3v) is 7.66. The van der Waals surface area contributed by atoms with E-state index in [0.29, 0.717) is 5.92 Å². The number of alkyl carbamates (subject to hydrolysis) is 1. The van der Waals surface area contributed by atoms with Crippen molar-refractivity contribution in [1.29, 1.82) is 0 Å². The van der Waals surface area contributed by atoms with Crippen molar-refractivity contribution in [3.8, 4) is 0 Å². The van der Waals surface area contributed by atoms with Gasteiger partial charge in [-0.1, -0.05) is 55.0 Å². The number of carbonyl (C=O) groups is 2. The van der Waals surface area contributed by atoms with E-state index >= 15 is 0 Å². The molecule has 2 fully saturated rings. The number of hydrogen-bond acceptors (Lipinski definition) is 4. The summed E-state index contributed by atoms with van der Waals surface area (Å²) >= 11 is 0. The average Bonchev–Trinajstić information content (AvgIpc) is 3.28. The molecule has 5 atom stereocenters. The van der Waals surface area contributed by atoms with Gasteiger partial charge in [-0.3, -0.25) is 4.79 Å². The molecule has 186 valence electrons. The van der Waals surface area contributed by atoms with Gasteiger partial charge < -0.3 is 20.3 Å². The lowest BCUT2D eigenvalue weighted by atomic mass is 9.79. The van der Waals surface area contributed by atoms with Gasteiger partial charge in [0.15, 0.2) is 0 Å². The molecule has 0 bridgehead atoms. The van der Waals surface area contributed by atoms with Crippen LogP contribution in [0.15, 0.2) is 54.6 Å². The molecule has 2 aromatic rings. The molecule has 2 N–H and O–H groups in total. The molecule has 0 spiro atoms. The predicted molar refractivity (Wildman–Crippen MR) is 137 cm³/mol. The molecule has 6 heteroatoms. The van der Waals surface area contributed by atoms with Gasteiger partial charge >= 0.3 is 6.09 Å². The predicted octanol–water partition coefficient (Wildman–Crippen LogP) is 5.83. The highest BCUT2D eigenvalue weighted by Crippen LogP contribution is 2.51. The maximum absolute atomic E-state index is 14.1. The van der Waals surface area contributed by atoms with Crippen LogP contribution in [0.4, 0.5) is 10.5 Å². The maximum atomic E-state index is 14.1. The van der Waals surface area contributed by atoms with Gasteiger partial charge in [0.05, 0.1) is 18.0 Å². The summed E-state index contributed by atoms with van der Waals surface area (Å²) in [7, 11) is 0. The Hall–Kier alpha value is -3.02. The summed E-state index contributed by atoms with van der Waals surface area (Å²) in [6.07, 6.45) is 3.61. The van der Waals surface area contributed by atoms with Crippen molar-refractivity contribution < 1.29 is 14.3 Å². The number of benzene rings is 2. The number of nitrogens with zero attached hydrogens (tertiary/aromatic N) is 1. The van der Waals surface area contributed by atoms with Crippen LogP contribution in [0.25, 0.3) is 0 Å². The maximum Gasteiger partial charge on any atom is 0.407 e. The molecule has 0 radical (unpaired) electrons. The van der Waals surface area contributed by atoms with E-state index in [2.05, 4.69) is 58.0 Å². The first-order valence-electron chi connectivity index (χ1n) is 13.0. The second kappa shape index (κ2) is 9.56. The number of anilines is 1. The molecule has 2 aliphatic heterocycles. The third-order valence-electron chi connectivity index (χ3n) is 7.66. The van der Waals surface area contributed by atoms with Crippen molar-refractivity contribution in [3.63, 3.8) is 0 Å². The first-order valence-corrected chi connectivity index (χ1v) is 13.0. The van der Waals surface area contributed by atoms with E-state index in [1.54, 1.807) is 0 Å². The van der Waals surface area contributed by atoms with Crippen molar-refractivity contribution in [2.45, 2.75) is 76.6 Å². The number of nitrogens with one attached hydrogen (secondary N) is 2. The molecule has 0 unspecified atom stereocenters. The van der Waals surface area contributed by atoms with Gasteiger partial charge in [-0.2, -0.15) is 0 Å². The summed E-state index contributed by atoms with van der Waals surface area (Å²) in [6, 6.07) is 19.1. The van der Waals surface area contributed by atoms with Crippen molar-refractivity contribution in [1.82, 2.24) is 10.2 Å². The minimum absolute atomic E-state index is 0.0242. The topological polar surface area (TPSA) is 70.7 Å². The first kappa shape index (κ1) is 23.7. The van der Waals surface area contributed by atoms with Crippen molar-refractivity contribution >= 4 is 17.7 Å². The zero-order valence-corrected chi connectivity index (χ0v) is 21.0. The van der Waals surface area contributed by atoms with Crippen LogP contribution in [-0.4, -0.2) is 35.1 Å². The molecule has 5 rings (SSSR count). The van der Waals surface area contributed by atoms with Crippen LogP contribution >= 0.6 is 0 Å². The molecule has 2 amide bonds. The van der Waals surface area contributed by atoms with Crippen LogP contribution in [0.3, 0.4) is 0 Å². The number of carbonyl (C=O) groups excluding carboxylic acids is 2. The fraction of sp³-hybridized carbons (Fsp3) is 0.517. The van der Waals surface area contributed by atoms with E-state index in [9.17, 15) is 9.59 Å². The van der Waals surface area contributed by atoms with Crippen molar-refractivity contribution in [2.75, 3.05) is 11.9 Å². The SMILES string of the molecule is CC(C)(C)NC(=O)O[C@@H]1CCCC[C@@H]1C(=O)N1CC[C@@H]2[C@H](c3ccccc3)Nc3ccccc3[C@@H]21. The normalized spacial score (nSPS) is 27.9.